The van der Waals surface area contributed by atoms with Gasteiger partial charge in [0.25, 0.3) is 0 Å². The third-order valence-electron chi connectivity index (χ3n) is 3.46. The van der Waals surface area contributed by atoms with Gasteiger partial charge in [0.1, 0.15) is 0 Å². The highest BCUT2D eigenvalue weighted by molar-refractivity contribution is 5.92. The lowest BCUT2D eigenvalue weighted by Crippen LogP contribution is -2.32. The Balaban J connectivity index is 1.89. The highest BCUT2D eigenvalue weighted by Crippen LogP contribution is 2.32. The highest BCUT2D eigenvalue weighted by Gasteiger charge is 2.28. The lowest BCUT2D eigenvalue weighted by atomic mass is 10.1. The van der Waals surface area contributed by atoms with E-state index in [0.717, 1.165) is 5.56 Å². The van der Waals surface area contributed by atoms with Crippen LogP contribution < -0.4 is 5.32 Å². The number of hydrogen-bond donors (Lipinski definition) is 1. The summed E-state index contributed by atoms with van der Waals surface area (Å²) in [5.41, 5.74) is 1.36. The summed E-state index contributed by atoms with van der Waals surface area (Å²) < 4.78 is 4.63. The predicted octanol–water partition coefficient (Wildman–Crippen LogP) is 2.40. The van der Waals surface area contributed by atoms with Crippen LogP contribution >= 0.6 is 0 Å². The Hall–Kier alpha value is -2.10. The van der Waals surface area contributed by atoms with Gasteiger partial charge in [-0.1, -0.05) is 12.1 Å². The number of amides is 1. The van der Waals surface area contributed by atoms with Gasteiger partial charge < -0.3 is 10.1 Å². The fourth-order valence-electron chi connectivity index (χ4n) is 2.01. The Morgan fingerprint density at radius 3 is 2.50 bits per heavy atom. The van der Waals surface area contributed by atoms with Crippen LogP contribution in [0.5, 0.6) is 0 Å². The van der Waals surface area contributed by atoms with Gasteiger partial charge in [0, 0.05) is 12.1 Å². The van der Waals surface area contributed by atoms with Crippen LogP contribution in [0.4, 0.5) is 0 Å². The van der Waals surface area contributed by atoms with Crippen molar-refractivity contribution in [2.75, 3.05) is 7.11 Å². The number of ether oxygens (including phenoxy) is 1. The third kappa shape index (κ3) is 3.95. The van der Waals surface area contributed by atoms with Gasteiger partial charge in [-0.25, -0.2) is 4.79 Å². The van der Waals surface area contributed by atoms with Crippen LogP contribution in [-0.4, -0.2) is 25.0 Å². The van der Waals surface area contributed by atoms with Gasteiger partial charge in [-0.05, 0) is 49.5 Å². The van der Waals surface area contributed by atoms with Crippen molar-refractivity contribution in [1.82, 2.24) is 5.32 Å². The lowest BCUT2D eigenvalue weighted by molar-refractivity contribution is -0.117. The summed E-state index contributed by atoms with van der Waals surface area (Å²) in [6, 6.07) is 7.15. The highest BCUT2D eigenvalue weighted by atomic mass is 16.5. The van der Waals surface area contributed by atoms with E-state index in [1.807, 2.05) is 6.92 Å². The van der Waals surface area contributed by atoms with Crippen molar-refractivity contribution in [3.05, 3.63) is 41.5 Å². The van der Waals surface area contributed by atoms with E-state index < -0.39 is 0 Å². The first-order valence-corrected chi connectivity index (χ1v) is 6.77. The summed E-state index contributed by atoms with van der Waals surface area (Å²) >= 11 is 0. The van der Waals surface area contributed by atoms with E-state index in [9.17, 15) is 9.59 Å². The standard InChI is InChI=1S/C16H19NO3/c1-11(13-8-9-13)17-15(18)10-5-12-3-6-14(7-4-12)16(19)20-2/h3-7,10-11,13H,8-9H2,1-2H3,(H,17,18)/b10-5+/t11-/m0/s1. The van der Waals surface area contributed by atoms with E-state index in [1.165, 1.54) is 26.0 Å². The number of carbonyl (C=O) groups is 2. The van der Waals surface area contributed by atoms with Gasteiger partial charge in [0.2, 0.25) is 5.91 Å². The molecule has 0 unspecified atom stereocenters. The molecule has 1 aliphatic rings. The average molecular weight is 273 g/mol. The summed E-state index contributed by atoms with van der Waals surface area (Å²) in [6.45, 7) is 2.04. The topological polar surface area (TPSA) is 55.4 Å². The zero-order valence-corrected chi connectivity index (χ0v) is 11.8. The minimum absolute atomic E-state index is 0.0820. The zero-order valence-electron chi connectivity index (χ0n) is 11.8. The molecule has 4 nitrogen and oxygen atoms in total. The molecule has 1 atom stereocenters. The number of esters is 1. The lowest BCUT2D eigenvalue weighted by Gasteiger charge is -2.10. The zero-order chi connectivity index (χ0) is 14.5. The van der Waals surface area contributed by atoms with Crippen molar-refractivity contribution in [3.8, 4) is 0 Å². The van der Waals surface area contributed by atoms with Crippen LogP contribution in [0, 0.1) is 5.92 Å². The van der Waals surface area contributed by atoms with Crippen molar-refractivity contribution in [2.24, 2.45) is 5.92 Å². The molecule has 1 fully saturated rings. The molecule has 1 amide bonds. The Labute approximate surface area is 118 Å². The molecule has 0 aliphatic heterocycles. The van der Waals surface area contributed by atoms with Crippen LogP contribution in [0.25, 0.3) is 6.08 Å². The van der Waals surface area contributed by atoms with Crippen LogP contribution in [-0.2, 0) is 9.53 Å². The Morgan fingerprint density at radius 2 is 1.95 bits per heavy atom. The summed E-state index contributed by atoms with van der Waals surface area (Å²) in [4.78, 5) is 23.0. The van der Waals surface area contributed by atoms with Crippen molar-refractivity contribution >= 4 is 18.0 Å². The average Bonchev–Trinajstić information content (AvgIpc) is 3.29. The van der Waals surface area contributed by atoms with E-state index in [2.05, 4.69) is 10.1 Å². The second-order valence-electron chi connectivity index (χ2n) is 5.08. The number of methoxy groups -OCH3 is 1. The Kier molecular flexibility index (Phi) is 4.56. The summed E-state index contributed by atoms with van der Waals surface area (Å²) in [5.74, 6) is 0.199. The number of carbonyl (C=O) groups excluding carboxylic acids is 2. The number of hydrogen-bond acceptors (Lipinski definition) is 3. The van der Waals surface area contributed by atoms with Gasteiger partial charge in [0.05, 0.1) is 12.7 Å². The summed E-state index contributed by atoms with van der Waals surface area (Å²) in [7, 11) is 1.35. The van der Waals surface area contributed by atoms with Crippen molar-refractivity contribution < 1.29 is 14.3 Å². The minimum atomic E-state index is -0.364. The fraction of sp³-hybridized carbons (Fsp3) is 0.375. The molecule has 1 aromatic rings. The first kappa shape index (κ1) is 14.3. The van der Waals surface area contributed by atoms with Crippen LogP contribution in [0.1, 0.15) is 35.7 Å². The molecule has 20 heavy (non-hydrogen) atoms. The maximum Gasteiger partial charge on any atom is 0.337 e. The van der Waals surface area contributed by atoms with Gasteiger partial charge in [0.15, 0.2) is 0 Å². The molecule has 1 aromatic carbocycles. The minimum Gasteiger partial charge on any atom is -0.465 e. The quantitative estimate of drug-likeness (QED) is 0.662. The molecular weight excluding hydrogens is 254 g/mol. The molecule has 4 heteroatoms. The summed E-state index contributed by atoms with van der Waals surface area (Å²) in [6.07, 6.45) is 5.67. The van der Waals surface area contributed by atoms with Crippen LogP contribution in [0.2, 0.25) is 0 Å². The van der Waals surface area contributed by atoms with Gasteiger partial charge in [-0.2, -0.15) is 0 Å². The Morgan fingerprint density at radius 1 is 1.30 bits per heavy atom. The smallest absolute Gasteiger partial charge is 0.337 e. The van der Waals surface area contributed by atoms with Gasteiger partial charge >= 0.3 is 5.97 Å². The molecular formula is C16H19NO3. The van der Waals surface area contributed by atoms with Crippen molar-refractivity contribution in [1.29, 1.82) is 0 Å². The van der Waals surface area contributed by atoms with Gasteiger partial charge in [-0.3, -0.25) is 4.79 Å². The molecule has 1 saturated carbocycles. The molecule has 106 valence electrons. The van der Waals surface area contributed by atoms with E-state index in [4.69, 9.17) is 0 Å². The maximum absolute atomic E-state index is 11.7. The molecule has 0 saturated heterocycles. The largest absolute Gasteiger partial charge is 0.465 e. The number of rotatable bonds is 5. The molecule has 0 spiro atoms. The number of benzene rings is 1. The molecule has 2 rings (SSSR count). The fourth-order valence-corrected chi connectivity index (χ4v) is 2.01. The molecule has 1 N–H and O–H groups in total. The van der Waals surface area contributed by atoms with Crippen molar-refractivity contribution in [3.63, 3.8) is 0 Å². The van der Waals surface area contributed by atoms with E-state index >= 15 is 0 Å². The molecule has 0 radical (unpaired) electrons. The monoisotopic (exact) mass is 273 g/mol. The molecule has 1 aliphatic carbocycles. The molecule has 0 aromatic heterocycles. The SMILES string of the molecule is COC(=O)c1ccc(/C=C/C(=O)N[C@@H](C)C2CC2)cc1. The first-order chi connectivity index (χ1) is 9.60. The Bertz CT molecular complexity index is 515. The number of nitrogens with one attached hydrogen (secondary N) is 1. The normalized spacial score (nSPS) is 15.9. The molecule has 0 bridgehead atoms. The van der Waals surface area contributed by atoms with Crippen LogP contribution in [0.3, 0.4) is 0 Å². The van der Waals surface area contributed by atoms with Gasteiger partial charge in [-0.15, -0.1) is 0 Å². The predicted molar refractivity (Wildman–Crippen MR) is 77.1 cm³/mol. The summed E-state index contributed by atoms with van der Waals surface area (Å²) in [5, 5.41) is 2.95. The third-order valence-corrected chi connectivity index (χ3v) is 3.46. The van der Waals surface area contributed by atoms with E-state index in [1.54, 1.807) is 30.3 Å². The first-order valence-electron chi connectivity index (χ1n) is 6.77. The van der Waals surface area contributed by atoms with E-state index in [0.29, 0.717) is 11.5 Å². The van der Waals surface area contributed by atoms with E-state index in [-0.39, 0.29) is 17.9 Å². The molecule has 0 heterocycles. The van der Waals surface area contributed by atoms with Crippen LogP contribution in [0.15, 0.2) is 30.3 Å². The second kappa shape index (κ2) is 6.37. The maximum atomic E-state index is 11.7. The van der Waals surface area contributed by atoms with Crippen molar-refractivity contribution in [2.45, 2.75) is 25.8 Å². The second-order valence-corrected chi connectivity index (χ2v) is 5.08.